The molecule has 0 aromatic heterocycles. The molecule has 0 unspecified atom stereocenters. The molecule has 0 heterocycles. The van der Waals surface area contributed by atoms with Crippen LogP contribution in [0.25, 0.3) is 0 Å². The highest BCUT2D eigenvalue weighted by molar-refractivity contribution is 5.89. The van der Waals surface area contributed by atoms with Gasteiger partial charge in [0, 0.05) is 6.92 Å². The van der Waals surface area contributed by atoms with Crippen LogP contribution in [0.5, 0.6) is 0 Å². The molecule has 0 bridgehead atoms. The Bertz CT molecular complexity index is 273. The lowest BCUT2D eigenvalue weighted by molar-refractivity contribution is -0.182. The number of carbonyl (C=O) groups is 1. The predicted molar refractivity (Wildman–Crippen MR) is 32.4 cm³/mol. The first kappa shape index (κ1) is 12.8. The SMILES string of the molecule is CC(F)(F)C(F)(F)C(C(=O)O)=C(F)F. The highest BCUT2D eigenvalue weighted by atomic mass is 19.3. The molecule has 0 aromatic rings. The fourth-order valence-electron chi connectivity index (χ4n) is 0.553. The molecule has 0 saturated carbocycles. The Morgan fingerprint density at radius 2 is 1.50 bits per heavy atom. The third kappa shape index (κ3) is 2.18. The molecule has 8 heteroatoms. The van der Waals surface area contributed by atoms with Crippen molar-refractivity contribution in [1.29, 1.82) is 0 Å². The summed E-state index contributed by atoms with van der Waals surface area (Å²) in [6, 6.07) is 0. The Kier molecular flexibility index (Phi) is 3.20. The molecule has 0 aliphatic rings. The Morgan fingerprint density at radius 1 is 1.14 bits per heavy atom. The third-order valence-electron chi connectivity index (χ3n) is 1.27. The highest BCUT2D eigenvalue weighted by Gasteiger charge is 2.59. The van der Waals surface area contributed by atoms with Gasteiger partial charge in [-0.15, -0.1) is 0 Å². The molecule has 0 rings (SSSR count). The first-order chi connectivity index (χ1) is 6.01. The zero-order valence-corrected chi connectivity index (χ0v) is 6.62. The molecule has 0 saturated heterocycles. The molecule has 0 radical (unpaired) electrons. The molecular weight excluding hydrogens is 218 g/mol. The van der Waals surface area contributed by atoms with Crippen LogP contribution in [0.15, 0.2) is 11.7 Å². The second-order valence-electron chi connectivity index (χ2n) is 2.40. The van der Waals surface area contributed by atoms with Crippen LogP contribution in [0, 0.1) is 0 Å². The van der Waals surface area contributed by atoms with Gasteiger partial charge in [0.15, 0.2) is 5.57 Å². The molecule has 0 aromatic carbocycles. The third-order valence-corrected chi connectivity index (χ3v) is 1.27. The van der Waals surface area contributed by atoms with Gasteiger partial charge in [-0.05, 0) is 0 Å². The summed E-state index contributed by atoms with van der Waals surface area (Å²) < 4.78 is 72.4. The molecule has 0 atom stereocenters. The van der Waals surface area contributed by atoms with E-state index >= 15 is 0 Å². The molecule has 14 heavy (non-hydrogen) atoms. The van der Waals surface area contributed by atoms with Crippen LogP contribution in [-0.4, -0.2) is 22.9 Å². The lowest BCUT2D eigenvalue weighted by atomic mass is 10.1. The van der Waals surface area contributed by atoms with E-state index in [0.29, 0.717) is 0 Å². The molecule has 0 spiro atoms. The average molecular weight is 222 g/mol. The van der Waals surface area contributed by atoms with Crippen molar-refractivity contribution in [2.45, 2.75) is 18.8 Å². The largest absolute Gasteiger partial charge is 0.478 e. The van der Waals surface area contributed by atoms with Gasteiger partial charge in [0.25, 0.3) is 6.08 Å². The van der Waals surface area contributed by atoms with Crippen molar-refractivity contribution in [3.05, 3.63) is 11.7 Å². The Balaban J connectivity index is 5.48. The number of halogens is 6. The van der Waals surface area contributed by atoms with Gasteiger partial charge in [-0.1, -0.05) is 0 Å². The van der Waals surface area contributed by atoms with E-state index in [9.17, 15) is 31.1 Å². The molecule has 0 fully saturated rings. The van der Waals surface area contributed by atoms with Crippen LogP contribution >= 0.6 is 0 Å². The second-order valence-corrected chi connectivity index (χ2v) is 2.40. The summed E-state index contributed by atoms with van der Waals surface area (Å²) >= 11 is 0. The van der Waals surface area contributed by atoms with Crippen LogP contribution in [0.2, 0.25) is 0 Å². The maximum atomic E-state index is 12.4. The number of carboxylic acid groups (broad SMARTS) is 1. The summed E-state index contributed by atoms with van der Waals surface area (Å²) in [7, 11) is 0. The lowest BCUT2D eigenvalue weighted by Gasteiger charge is -2.22. The monoisotopic (exact) mass is 222 g/mol. The standard InChI is InChI=1S/C6H4F6O2/c1-5(9,10)6(11,12)2(3(7)8)4(13)14/h1H3,(H,13,14). The van der Waals surface area contributed by atoms with Crippen molar-refractivity contribution in [1.82, 2.24) is 0 Å². The zero-order valence-electron chi connectivity index (χ0n) is 6.62. The van der Waals surface area contributed by atoms with E-state index in [1.807, 2.05) is 0 Å². The minimum Gasteiger partial charge on any atom is -0.478 e. The fourth-order valence-corrected chi connectivity index (χ4v) is 0.553. The number of hydrogen-bond acceptors (Lipinski definition) is 1. The highest BCUT2D eigenvalue weighted by Crippen LogP contribution is 2.41. The van der Waals surface area contributed by atoms with Gasteiger partial charge in [0.05, 0.1) is 0 Å². The fraction of sp³-hybridized carbons (Fsp3) is 0.500. The Labute approximate surface area is 73.8 Å². The van der Waals surface area contributed by atoms with Crippen LogP contribution in [-0.2, 0) is 4.79 Å². The molecule has 0 aliphatic carbocycles. The predicted octanol–water partition coefficient (Wildman–Crippen LogP) is 2.51. The number of alkyl halides is 4. The number of hydrogen-bond donors (Lipinski definition) is 1. The van der Waals surface area contributed by atoms with Gasteiger partial charge >= 0.3 is 17.8 Å². The van der Waals surface area contributed by atoms with Crippen LogP contribution in [0.3, 0.4) is 0 Å². The average Bonchev–Trinajstić information content (AvgIpc) is 1.79. The smallest absolute Gasteiger partial charge is 0.347 e. The van der Waals surface area contributed by atoms with E-state index < -0.39 is 29.5 Å². The van der Waals surface area contributed by atoms with Crippen LogP contribution < -0.4 is 0 Å². The molecule has 2 nitrogen and oxygen atoms in total. The van der Waals surface area contributed by atoms with Gasteiger partial charge < -0.3 is 5.11 Å². The Morgan fingerprint density at radius 3 is 1.57 bits per heavy atom. The summed E-state index contributed by atoms with van der Waals surface area (Å²) in [6.45, 7) is -0.348. The molecular formula is C6H4F6O2. The van der Waals surface area contributed by atoms with E-state index in [0.717, 1.165) is 0 Å². The first-order valence-corrected chi connectivity index (χ1v) is 3.06. The van der Waals surface area contributed by atoms with Crippen LogP contribution in [0.1, 0.15) is 6.92 Å². The maximum absolute atomic E-state index is 12.4. The summed E-state index contributed by atoms with van der Waals surface area (Å²) in [5.41, 5.74) is -2.88. The van der Waals surface area contributed by atoms with Crippen molar-refractivity contribution < 1.29 is 36.2 Å². The molecule has 82 valence electrons. The van der Waals surface area contributed by atoms with Crippen LogP contribution in [0.4, 0.5) is 26.3 Å². The second kappa shape index (κ2) is 3.50. The van der Waals surface area contributed by atoms with Gasteiger partial charge in [0.1, 0.15) is 0 Å². The topological polar surface area (TPSA) is 37.3 Å². The summed E-state index contributed by atoms with van der Waals surface area (Å²) in [4.78, 5) is 9.88. The van der Waals surface area contributed by atoms with Crippen molar-refractivity contribution in [2.75, 3.05) is 0 Å². The maximum Gasteiger partial charge on any atom is 0.347 e. The number of carboxylic acids is 1. The first-order valence-electron chi connectivity index (χ1n) is 3.06. The quantitative estimate of drug-likeness (QED) is 0.588. The lowest BCUT2D eigenvalue weighted by Crippen LogP contribution is -2.42. The van der Waals surface area contributed by atoms with Crippen molar-refractivity contribution in [2.24, 2.45) is 0 Å². The van der Waals surface area contributed by atoms with E-state index in [4.69, 9.17) is 5.11 Å². The summed E-state index contributed by atoms with van der Waals surface area (Å²) in [5, 5.41) is 7.89. The van der Waals surface area contributed by atoms with Crippen molar-refractivity contribution in [3.8, 4) is 0 Å². The zero-order chi connectivity index (χ0) is 11.7. The van der Waals surface area contributed by atoms with Crippen molar-refractivity contribution >= 4 is 5.97 Å². The Hall–Kier alpha value is -1.21. The van der Waals surface area contributed by atoms with Gasteiger partial charge in [-0.3, -0.25) is 0 Å². The molecule has 0 aliphatic heterocycles. The van der Waals surface area contributed by atoms with Gasteiger partial charge in [-0.25, -0.2) is 4.79 Å². The van der Waals surface area contributed by atoms with E-state index in [2.05, 4.69) is 0 Å². The van der Waals surface area contributed by atoms with Gasteiger partial charge in [-0.2, -0.15) is 26.3 Å². The minimum atomic E-state index is -5.41. The number of aliphatic carboxylic acids is 1. The normalized spacial score (nSPS) is 12.5. The summed E-state index contributed by atoms with van der Waals surface area (Å²) in [6.07, 6.45) is -3.34. The molecule has 1 N–H and O–H groups in total. The minimum absolute atomic E-state index is 0.348. The van der Waals surface area contributed by atoms with E-state index in [1.54, 1.807) is 0 Å². The van der Waals surface area contributed by atoms with E-state index in [-0.39, 0.29) is 6.92 Å². The van der Waals surface area contributed by atoms with E-state index in [1.165, 1.54) is 0 Å². The van der Waals surface area contributed by atoms with Crippen molar-refractivity contribution in [3.63, 3.8) is 0 Å². The number of rotatable bonds is 3. The molecule has 0 amide bonds. The van der Waals surface area contributed by atoms with Gasteiger partial charge in [0.2, 0.25) is 0 Å². The summed E-state index contributed by atoms with van der Waals surface area (Å²) in [5.74, 6) is -13.1.